The van der Waals surface area contributed by atoms with Gasteiger partial charge in [-0.1, -0.05) is 53.6 Å². The first-order chi connectivity index (χ1) is 11.4. The Morgan fingerprint density at radius 3 is 2.74 bits per heavy atom. The first kappa shape index (κ1) is 15.0. The summed E-state index contributed by atoms with van der Waals surface area (Å²) in [4.78, 5) is 0. The number of rotatable bonds is 4. The van der Waals surface area contributed by atoms with Gasteiger partial charge in [-0.05, 0) is 42.7 Å². The van der Waals surface area contributed by atoms with Crippen LogP contribution in [0.2, 0.25) is 0 Å². The Bertz CT molecular complexity index is 856. The van der Waals surface area contributed by atoms with E-state index in [9.17, 15) is 0 Å². The third-order valence-corrected chi connectivity index (χ3v) is 3.29. The van der Waals surface area contributed by atoms with Gasteiger partial charge >= 0.3 is 0 Å². The first-order valence-corrected chi connectivity index (χ1v) is 7.52. The van der Waals surface area contributed by atoms with Crippen LogP contribution in [0, 0.1) is 11.8 Å². The average Bonchev–Trinajstić information content (AvgIpc) is 3.03. The summed E-state index contributed by atoms with van der Waals surface area (Å²) in [6.07, 6.45) is 3.34. The van der Waals surface area contributed by atoms with Gasteiger partial charge in [-0.3, -0.25) is 0 Å². The Hall–Kier alpha value is -2.90. The predicted octanol–water partition coefficient (Wildman–Crippen LogP) is 3.68. The maximum atomic E-state index is 5.70. The lowest BCUT2D eigenvalue weighted by molar-refractivity contribution is 0.0471. The molecule has 3 aromatic rings. The summed E-state index contributed by atoms with van der Waals surface area (Å²) in [6, 6.07) is 17.8. The van der Waals surface area contributed by atoms with Gasteiger partial charge in [-0.25, -0.2) is 4.68 Å². The second-order valence-corrected chi connectivity index (χ2v) is 4.86. The maximum absolute atomic E-state index is 5.70. The highest BCUT2D eigenvalue weighted by Crippen LogP contribution is 2.16. The number of fused-ring (bicyclic) bond motifs is 1. The molecule has 3 rings (SSSR count). The van der Waals surface area contributed by atoms with Crippen molar-refractivity contribution in [1.29, 1.82) is 0 Å². The van der Waals surface area contributed by atoms with E-state index in [4.69, 9.17) is 4.74 Å². The van der Waals surface area contributed by atoms with Crippen LogP contribution in [0.1, 0.15) is 18.7 Å². The van der Waals surface area contributed by atoms with Gasteiger partial charge in [0.25, 0.3) is 0 Å². The Labute approximate surface area is 135 Å². The molecule has 2 aromatic carbocycles. The number of hydrogen-bond donors (Lipinski definition) is 0. The quantitative estimate of drug-likeness (QED) is 0.690. The van der Waals surface area contributed by atoms with Gasteiger partial charge in [-0.2, -0.15) is 0 Å². The van der Waals surface area contributed by atoms with Gasteiger partial charge in [0.2, 0.25) is 6.23 Å². The van der Waals surface area contributed by atoms with Crippen molar-refractivity contribution in [3.63, 3.8) is 0 Å². The van der Waals surface area contributed by atoms with Gasteiger partial charge in [-0.15, -0.1) is 5.10 Å². The van der Waals surface area contributed by atoms with Crippen LogP contribution < -0.4 is 0 Å². The molecule has 23 heavy (non-hydrogen) atoms. The molecule has 0 saturated heterocycles. The van der Waals surface area contributed by atoms with E-state index < -0.39 is 6.23 Å². The monoisotopic (exact) mass is 303 g/mol. The fourth-order valence-corrected chi connectivity index (χ4v) is 2.21. The summed E-state index contributed by atoms with van der Waals surface area (Å²) in [5, 5.41) is 8.31. The van der Waals surface area contributed by atoms with E-state index in [1.807, 2.05) is 73.7 Å². The van der Waals surface area contributed by atoms with Crippen molar-refractivity contribution in [3.05, 3.63) is 66.2 Å². The minimum Gasteiger partial charge on any atom is -0.346 e. The van der Waals surface area contributed by atoms with Crippen LogP contribution in [0.5, 0.6) is 0 Å². The summed E-state index contributed by atoms with van der Waals surface area (Å²) in [5.74, 6) is 6.11. The first-order valence-electron chi connectivity index (χ1n) is 7.52. The van der Waals surface area contributed by atoms with E-state index in [-0.39, 0.29) is 0 Å². The molecule has 4 heteroatoms. The SMILES string of the molecule is CCOC(C#CC=Cc1ccccc1)n1nnc2ccccc21. The Morgan fingerprint density at radius 1 is 1.13 bits per heavy atom. The molecule has 0 aliphatic heterocycles. The molecule has 0 radical (unpaired) electrons. The van der Waals surface area contributed by atoms with Gasteiger partial charge in [0.1, 0.15) is 5.52 Å². The van der Waals surface area contributed by atoms with E-state index in [2.05, 4.69) is 22.2 Å². The summed E-state index contributed by atoms with van der Waals surface area (Å²) in [7, 11) is 0. The van der Waals surface area contributed by atoms with Crippen molar-refractivity contribution < 1.29 is 4.74 Å². The van der Waals surface area contributed by atoms with Crippen LogP contribution in [-0.4, -0.2) is 21.6 Å². The molecular formula is C19H17N3O. The number of hydrogen-bond acceptors (Lipinski definition) is 3. The number of nitrogens with zero attached hydrogens (tertiary/aromatic N) is 3. The normalized spacial score (nSPS) is 12.2. The Kier molecular flexibility index (Phi) is 4.82. The smallest absolute Gasteiger partial charge is 0.215 e. The molecule has 0 N–H and O–H groups in total. The van der Waals surface area contributed by atoms with Crippen molar-refractivity contribution >= 4 is 17.1 Å². The largest absolute Gasteiger partial charge is 0.346 e. The molecule has 0 aliphatic rings. The molecule has 1 atom stereocenters. The molecule has 1 unspecified atom stereocenters. The fraction of sp³-hybridized carbons (Fsp3) is 0.158. The number of para-hydroxylation sites is 1. The molecule has 1 aromatic heterocycles. The highest BCUT2D eigenvalue weighted by Gasteiger charge is 2.12. The molecule has 0 fully saturated rings. The van der Waals surface area contributed by atoms with Gasteiger partial charge < -0.3 is 4.74 Å². The van der Waals surface area contributed by atoms with Crippen LogP contribution >= 0.6 is 0 Å². The number of ether oxygens (including phenoxy) is 1. The van der Waals surface area contributed by atoms with E-state index in [1.165, 1.54) is 0 Å². The van der Waals surface area contributed by atoms with E-state index in [0.717, 1.165) is 16.6 Å². The topological polar surface area (TPSA) is 39.9 Å². The van der Waals surface area contributed by atoms with Crippen molar-refractivity contribution in [3.8, 4) is 11.8 Å². The highest BCUT2D eigenvalue weighted by atomic mass is 16.5. The summed E-state index contributed by atoms with van der Waals surface area (Å²) in [5.41, 5.74) is 2.85. The summed E-state index contributed by atoms with van der Waals surface area (Å²) < 4.78 is 7.41. The second-order valence-electron chi connectivity index (χ2n) is 4.86. The molecule has 0 saturated carbocycles. The van der Waals surface area contributed by atoms with Crippen LogP contribution in [0.4, 0.5) is 0 Å². The Morgan fingerprint density at radius 2 is 1.91 bits per heavy atom. The van der Waals surface area contributed by atoms with Crippen LogP contribution in [-0.2, 0) is 4.74 Å². The van der Waals surface area contributed by atoms with E-state index >= 15 is 0 Å². The van der Waals surface area contributed by atoms with Crippen LogP contribution in [0.25, 0.3) is 17.1 Å². The van der Waals surface area contributed by atoms with Crippen LogP contribution in [0.15, 0.2) is 60.7 Å². The van der Waals surface area contributed by atoms with E-state index in [0.29, 0.717) is 6.61 Å². The van der Waals surface area contributed by atoms with Crippen molar-refractivity contribution in [2.24, 2.45) is 0 Å². The minimum atomic E-state index is -0.451. The minimum absolute atomic E-state index is 0.451. The van der Waals surface area contributed by atoms with Gasteiger partial charge in [0.15, 0.2) is 0 Å². The number of allylic oxidation sites excluding steroid dienone is 1. The lowest BCUT2D eigenvalue weighted by Gasteiger charge is -2.11. The van der Waals surface area contributed by atoms with Crippen molar-refractivity contribution in [2.75, 3.05) is 6.61 Å². The standard InChI is InChI=1S/C19H17N3O/c1-2-23-19(15-9-6-12-16-10-4-3-5-11-16)22-18-14-8-7-13-17(18)20-21-22/h3-8,10-14,19H,2H2,1H3. The van der Waals surface area contributed by atoms with Crippen molar-refractivity contribution in [2.45, 2.75) is 13.2 Å². The van der Waals surface area contributed by atoms with Gasteiger partial charge in [0, 0.05) is 6.61 Å². The zero-order valence-corrected chi connectivity index (χ0v) is 12.9. The molecule has 1 heterocycles. The number of benzene rings is 2. The molecule has 0 amide bonds. The molecule has 0 aliphatic carbocycles. The fourth-order valence-electron chi connectivity index (χ4n) is 2.21. The van der Waals surface area contributed by atoms with Gasteiger partial charge in [0.05, 0.1) is 5.52 Å². The molecule has 114 valence electrons. The summed E-state index contributed by atoms with van der Waals surface area (Å²) >= 11 is 0. The average molecular weight is 303 g/mol. The lowest BCUT2D eigenvalue weighted by atomic mass is 10.2. The molecule has 0 bridgehead atoms. The second kappa shape index (κ2) is 7.39. The van der Waals surface area contributed by atoms with Crippen LogP contribution in [0.3, 0.4) is 0 Å². The van der Waals surface area contributed by atoms with E-state index in [1.54, 1.807) is 4.68 Å². The predicted molar refractivity (Wildman–Crippen MR) is 91.4 cm³/mol. The zero-order valence-electron chi connectivity index (χ0n) is 12.9. The third kappa shape index (κ3) is 3.65. The number of aromatic nitrogens is 3. The molecule has 0 spiro atoms. The highest BCUT2D eigenvalue weighted by molar-refractivity contribution is 5.74. The lowest BCUT2D eigenvalue weighted by Crippen LogP contribution is -2.12. The molecule has 4 nitrogen and oxygen atoms in total. The zero-order chi connectivity index (χ0) is 15.9. The third-order valence-electron chi connectivity index (χ3n) is 3.29. The van der Waals surface area contributed by atoms with Crippen molar-refractivity contribution in [1.82, 2.24) is 15.0 Å². The maximum Gasteiger partial charge on any atom is 0.215 e. The molecular weight excluding hydrogens is 286 g/mol. The Balaban J connectivity index is 1.83. The summed E-state index contributed by atoms with van der Waals surface area (Å²) in [6.45, 7) is 2.49.